The predicted molar refractivity (Wildman–Crippen MR) is 222 cm³/mol. The molecule has 0 aliphatic rings. The third-order valence-electron chi connectivity index (χ3n) is 8.77. The van der Waals surface area contributed by atoms with E-state index in [4.69, 9.17) is 14.7 Å². The lowest BCUT2D eigenvalue weighted by molar-refractivity contribution is 0.486. The highest BCUT2D eigenvalue weighted by Crippen LogP contribution is 2.38. The molecule has 5 nitrogen and oxygen atoms in total. The number of rotatable bonds is 14. The second-order valence-corrected chi connectivity index (χ2v) is 14.7. The number of benzene rings is 4. The van der Waals surface area contributed by atoms with E-state index in [2.05, 4.69) is 142 Å². The van der Waals surface area contributed by atoms with Gasteiger partial charge in [0.05, 0.1) is 22.7 Å². The van der Waals surface area contributed by atoms with Crippen molar-refractivity contribution in [1.29, 1.82) is 0 Å². The molecular formula is C46H58N4O. The van der Waals surface area contributed by atoms with E-state index in [0.717, 1.165) is 57.1 Å². The summed E-state index contributed by atoms with van der Waals surface area (Å²) >= 11 is 0. The van der Waals surface area contributed by atoms with Gasteiger partial charge in [0.15, 0.2) is 11.5 Å². The van der Waals surface area contributed by atoms with Crippen molar-refractivity contribution >= 4 is 34.2 Å². The summed E-state index contributed by atoms with van der Waals surface area (Å²) in [4.78, 5) is 10.3. The summed E-state index contributed by atoms with van der Waals surface area (Å²) < 4.78 is 6.57. The van der Waals surface area contributed by atoms with E-state index in [-0.39, 0.29) is 0 Å². The Hall–Kier alpha value is -4.90. The normalized spacial score (nSPS) is 13.1. The Morgan fingerprint density at radius 3 is 1.10 bits per heavy atom. The topological polar surface area (TPSA) is 58.0 Å². The summed E-state index contributed by atoms with van der Waals surface area (Å²) in [5.41, 5.74) is 12.8. The predicted octanol–water partition coefficient (Wildman–Crippen LogP) is 14.2. The summed E-state index contributed by atoms with van der Waals surface area (Å²) in [5, 5.41) is 7.13. The third-order valence-corrected chi connectivity index (χ3v) is 8.77. The summed E-state index contributed by atoms with van der Waals surface area (Å²) in [6.07, 6.45) is 4.18. The van der Waals surface area contributed by atoms with Gasteiger partial charge < -0.3 is 15.4 Å². The monoisotopic (exact) mass is 682 g/mol. The molecule has 0 aliphatic carbocycles. The van der Waals surface area contributed by atoms with Crippen LogP contribution in [0.4, 0.5) is 22.7 Å². The number of para-hydroxylation sites is 6. The Labute approximate surface area is 307 Å². The molecule has 0 radical (unpaired) electrons. The molecule has 5 heteroatoms. The van der Waals surface area contributed by atoms with Crippen LogP contribution >= 0.6 is 0 Å². The van der Waals surface area contributed by atoms with Crippen molar-refractivity contribution in [2.24, 2.45) is 9.98 Å². The van der Waals surface area contributed by atoms with E-state index in [1.165, 1.54) is 22.3 Å². The van der Waals surface area contributed by atoms with Crippen LogP contribution in [0.15, 0.2) is 118 Å². The van der Waals surface area contributed by atoms with Gasteiger partial charge in [0, 0.05) is 22.8 Å². The third kappa shape index (κ3) is 10.6. The van der Waals surface area contributed by atoms with Gasteiger partial charge in [-0.2, -0.15) is 0 Å². The van der Waals surface area contributed by atoms with E-state index in [1.807, 2.05) is 48.5 Å². The highest BCUT2D eigenvalue weighted by molar-refractivity contribution is 5.97. The minimum absolute atomic E-state index is 0.390. The van der Waals surface area contributed by atoms with Crippen molar-refractivity contribution in [3.8, 4) is 11.5 Å². The van der Waals surface area contributed by atoms with E-state index in [9.17, 15) is 0 Å². The molecule has 0 saturated heterocycles. The van der Waals surface area contributed by atoms with Gasteiger partial charge in [-0.25, -0.2) is 0 Å². The largest absolute Gasteiger partial charge is 0.453 e. The lowest BCUT2D eigenvalue weighted by Crippen LogP contribution is -2.03. The van der Waals surface area contributed by atoms with Crippen LogP contribution in [-0.4, -0.2) is 11.4 Å². The van der Waals surface area contributed by atoms with Gasteiger partial charge in [0.1, 0.15) is 0 Å². The molecule has 268 valence electrons. The summed E-state index contributed by atoms with van der Waals surface area (Å²) in [6, 6.07) is 29.1. The smallest absolute Gasteiger partial charge is 0.150 e. The van der Waals surface area contributed by atoms with Gasteiger partial charge in [-0.15, -0.1) is 0 Å². The van der Waals surface area contributed by atoms with Crippen molar-refractivity contribution in [1.82, 2.24) is 0 Å². The summed E-state index contributed by atoms with van der Waals surface area (Å²) in [5.74, 6) is 3.02. The van der Waals surface area contributed by atoms with Crippen molar-refractivity contribution in [2.45, 2.75) is 107 Å². The molecule has 0 spiro atoms. The average molecular weight is 683 g/mol. The Bertz CT molecular complexity index is 1730. The van der Waals surface area contributed by atoms with Crippen molar-refractivity contribution in [3.05, 3.63) is 131 Å². The fourth-order valence-electron chi connectivity index (χ4n) is 6.26. The first-order valence-corrected chi connectivity index (χ1v) is 18.4. The molecule has 0 amide bonds. The Morgan fingerprint density at radius 2 is 0.784 bits per heavy atom. The van der Waals surface area contributed by atoms with Crippen molar-refractivity contribution in [3.63, 3.8) is 0 Å². The molecule has 4 aromatic carbocycles. The molecule has 0 heterocycles. The Kier molecular flexibility index (Phi) is 13.6. The minimum Gasteiger partial charge on any atom is -0.453 e. The lowest BCUT2D eigenvalue weighted by Gasteiger charge is -2.18. The number of aliphatic imine (C=N–C) groups is 2. The molecule has 2 N–H and O–H groups in total. The Balaban J connectivity index is 1.56. The Morgan fingerprint density at radius 1 is 0.471 bits per heavy atom. The second-order valence-electron chi connectivity index (χ2n) is 14.7. The number of ether oxygens (including phenoxy) is 1. The van der Waals surface area contributed by atoms with Crippen LogP contribution in [0.3, 0.4) is 0 Å². The molecule has 0 bridgehead atoms. The van der Waals surface area contributed by atoms with Crippen molar-refractivity contribution in [2.75, 3.05) is 10.6 Å². The standard InChI is InChI=1S/C46H58N4O/c1-29(2)37-19-17-20-38(30(3)4)45(37)49-35(11)27-33(9)47-41-23-13-15-25-43(41)51-44-26-16-14-24-42(44)48-34(10)28-36(12)50-46-39(31(5)6)21-18-22-40(46)32(7)8/h13-32,47-48H,1-12H3/b33-27+,34-28+,49-35?,50-36?. The molecule has 4 aromatic rings. The highest BCUT2D eigenvalue weighted by Gasteiger charge is 2.15. The molecule has 0 fully saturated rings. The first kappa shape index (κ1) is 38.9. The molecule has 0 atom stereocenters. The number of hydrogen-bond acceptors (Lipinski definition) is 5. The summed E-state index contributed by atoms with van der Waals surface area (Å²) in [6.45, 7) is 26.1. The zero-order chi connectivity index (χ0) is 37.2. The molecule has 0 saturated carbocycles. The quantitative estimate of drug-likeness (QED) is 0.130. The number of anilines is 2. The zero-order valence-corrected chi connectivity index (χ0v) is 32.8. The molecule has 4 rings (SSSR count). The highest BCUT2D eigenvalue weighted by atomic mass is 16.5. The second kappa shape index (κ2) is 17.8. The van der Waals surface area contributed by atoms with Gasteiger partial charge in [-0.1, -0.05) is 116 Å². The van der Waals surface area contributed by atoms with Crippen LogP contribution in [0, 0.1) is 0 Å². The minimum atomic E-state index is 0.390. The van der Waals surface area contributed by atoms with E-state index in [1.54, 1.807) is 0 Å². The fraction of sp³-hybridized carbons (Fsp3) is 0.348. The molecule has 0 aliphatic heterocycles. The number of nitrogens with zero attached hydrogens (tertiary/aromatic N) is 2. The van der Waals surface area contributed by atoms with Gasteiger partial charge in [-0.3, -0.25) is 9.98 Å². The maximum absolute atomic E-state index is 6.57. The first-order chi connectivity index (χ1) is 24.2. The zero-order valence-electron chi connectivity index (χ0n) is 32.8. The van der Waals surface area contributed by atoms with E-state index < -0.39 is 0 Å². The number of allylic oxidation sites excluding steroid dienone is 4. The van der Waals surface area contributed by atoms with E-state index in [0.29, 0.717) is 23.7 Å². The SMILES string of the molecule is CC(/C=C(\C)Nc1ccccc1Oc1ccccc1N/C(C)=C/C(C)=Nc1c(C(C)C)cccc1C(C)C)=Nc1c(C(C)C)cccc1C(C)C. The molecule has 0 aromatic heterocycles. The van der Waals surface area contributed by atoms with Gasteiger partial charge in [0.2, 0.25) is 0 Å². The molecule has 0 unspecified atom stereocenters. The maximum atomic E-state index is 6.57. The van der Waals surface area contributed by atoms with Crippen LogP contribution in [-0.2, 0) is 0 Å². The van der Waals surface area contributed by atoms with E-state index >= 15 is 0 Å². The van der Waals surface area contributed by atoms with Gasteiger partial charge >= 0.3 is 0 Å². The maximum Gasteiger partial charge on any atom is 0.150 e. The van der Waals surface area contributed by atoms with Crippen LogP contribution in [0.5, 0.6) is 11.5 Å². The fourth-order valence-corrected chi connectivity index (χ4v) is 6.26. The molecular weight excluding hydrogens is 625 g/mol. The van der Waals surface area contributed by atoms with Crippen LogP contribution in [0.2, 0.25) is 0 Å². The lowest BCUT2D eigenvalue weighted by atomic mass is 9.93. The van der Waals surface area contributed by atoms with Crippen LogP contribution in [0.1, 0.15) is 129 Å². The first-order valence-electron chi connectivity index (χ1n) is 18.4. The van der Waals surface area contributed by atoms with Crippen LogP contribution in [0.25, 0.3) is 0 Å². The number of nitrogens with one attached hydrogen (secondary N) is 2. The van der Waals surface area contributed by atoms with Gasteiger partial charge in [0.25, 0.3) is 0 Å². The van der Waals surface area contributed by atoms with Gasteiger partial charge in [-0.05, 0) is 110 Å². The molecule has 51 heavy (non-hydrogen) atoms. The summed E-state index contributed by atoms with van der Waals surface area (Å²) in [7, 11) is 0. The number of hydrogen-bond donors (Lipinski definition) is 2. The van der Waals surface area contributed by atoms with Crippen molar-refractivity contribution < 1.29 is 4.74 Å². The average Bonchev–Trinajstić information content (AvgIpc) is 3.06. The van der Waals surface area contributed by atoms with Crippen LogP contribution < -0.4 is 15.4 Å².